The second-order valence-electron chi connectivity index (χ2n) is 3.73. The van der Waals surface area contributed by atoms with E-state index < -0.39 is 6.10 Å². The average molecular weight is 352 g/mol. The summed E-state index contributed by atoms with van der Waals surface area (Å²) in [5, 5.41) is 10.9. The smallest absolute Gasteiger partial charge is 0.113 e. The standard InChI is InChI=1S/C12H9BrCl2OS/c1-6-2-7(4-8(14)3-6)11(16)10-5-9(13)12(15)17-10/h2-5,11,16H,1H3. The molecule has 0 amide bonds. The van der Waals surface area contributed by atoms with E-state index in [1.165, 1.54) is 11.3 Å². The summed E-state index contributed by atoms with van der Waals surface area (Å²) in [6, 6.07) is 7.36. The summed E-state index contributed by atoms with van der Waals surface area (Å²) in [7, 11) is 0. The molecule has 0 fully saturated rings. The van der Waals surface area contributed by atoms with Crippen LogP contribution in [0.1, 0.15) is 22.1 Å². The van der Waals surface area contributed by atoms with E-state index in [-0.39, 0.29) is 0 Å². The zero-order chi connectivity index (χ0) is 12.6. The molecule has 1 unspecified atom stereocenters. The molecular formula is C12H9BrCl2OS. The molecule has 0 spiro atoms. The van der Waals surface area contributed by atoms with Crippen molar-refractivity contribution in [3.05, 3.63) is 54.1 Å². The SMILES string of the molecule is Cc1cc(Cl)cc(C(O)c2cc(Br)c(Cl)s2)c1. The molecule has 1 aromatic carbocycles. The molecule has 1 nitrogen and oxygen atoms in total. The van der Waals surface area contributed by atoms with E-state index in [0.29, 0.717) is 9.36 Å². The second-order valence-corrected chi connectivity index (χ2v) is 6.71. The zero-order valence-corrected chi connectivity index (χ0v) is 12.8. The molecule has 1 N–H and O–H groups in total. The first kappa shape index (κ1) is 13.4. The Morgan fingerprint density at radius 3 is 2.47 bits per heavy atom. The van der Waals surface area contributed by atoms with Gasteiger partial charge >= 0.3 is 0 Å². The van der Waals surface area contributed by atoms with Crippen LogP contribution in [0.25, 0.3) is 0 Å². The molecule has 1 heterocycles. The number of halogens is 3. The van der Waals surface area contributed by atoms with Gasteiger partial charge in [-0.2, -0.15) is 0 Å². The highest BCUT2D eigenvalue weighted by atomic mass is 79.9. The topological polar surface area (TPSA) is 20.2 Å². The maximum absolute atomic E-state index is 10.3. The third-order valence-corrected chi connectivity index (χ3v) is 5.06. The van der Waals surface area contributed by atoms with Crippen molar-refractivity contribution in [1.29, 1.82) is 0 Å². The van der Waals surface area contributed by atoms with E-state index in [1.54, 1.807) is 6.07 Å². The highest BCUT2D eigenvalue weighted by Gasteiger charge is 2.16. The number of aryl methyl sites for hydroxylation is 1. The summed E-state index contributed by atoms with van der Waals surface area (Å²) in [4.78, 5) is 0.795. The second kappa shape index (κ2) is 5.29. The minimum atomic E-state index is -0.693. The van der Waals surface area contributed by atoms with Crippen LogP contribution < -0.4 is 0 Å². The molecule has 0 bridgehead atoms. The first-order chi connectivity index (χ1) is 7.97. The van der Waals surface area contributed by atoms with Crippen LogP contribution in [-0.4, -0.2) is 5.11 Å². The van der Waals surface area contributed by atoms with E-state index in [2.05, 4.69) is 15.9 Å². The van der Waals surface area contributed by atoms with Crippen molar-refractivity contribution >= 4 is 50.5 Å². The van der Waals surface area contributed by atoms with E-state index >= 15 is 0 Å². The van der Waals surface area contributed by atoms with Crippen LogP contribution in [0, 0.1) is 6.92 Å². The van der Waals surface area contributed by atoms with E-state index in [9.17, 15) is 5.11 Å². The number of aliphatic hydroxyl groups excluding tert-OH is 1. The Hall–Kier alpha value is -0.0600. The van der Waals surface area contributed by atoms with Crippen molar-refractivity contribution in [3.63, 3.8) is 0 Å². The summed E-state index contributed by atoms with van der Waals surface area (Å²) >= 11 is 16.6. The Labute approximate surface area is 122 Å². The average Bonchev–Trinajstić information content (AvgIpc) is 2.57. The number of rotatable bonds is 2. The van der Waals surface area contributed by atoms with Gasteiger partial charge in [-0.3, -0.25) is 0 Å². The van der Waals surface area contributed by atoms with Crippen molar-refractivity contribution in [3.8, 4) is 0 Å². The predicted molar refractivity (Wildman–Crippen MR) is 77.3 cm³/mol. The van der Waals surface area contributed by atoms with Gasteiger partial charge in [-0.15, -0.1) is 11.3 Å². The van der Waals surface area contributed by atoms with Crippen LogP contribution in [0.5, 0.6) is 0 Å². The molecule has 1 aromatic heterocycles. The summed E-state index contributed by atoms with van der Waals surface area (Å²) < 4.78 is 1.44. The molecule has 2 rings (SSSR count). The van der Waals surface area contributed by atoms with Gasteiger partial charge in [0.1, 0.15) is 10.4 Å². The fourth-order valence-electron chi connectivity index (χ4n) is 1.58. The largest absolute Gasteiger partial charge is 0.383 e. The van der Waals surface area contributed by atoms with Gasteiger partial charge in [0.15, 0.2) is 0 Å². The third-order valence-electron chi connectivity index (χ3n) is 2.31. The van der Waals surface area contributed by atoms with E-state index in [4.69, 9.17) is 23.2 Å². The number of hydrogen-bond acceptors (Lipinski definition) is 2. The highest BCUT2D eigenvalue weighted by Crippen LogP contribution is 2.37. The fourth-order valence-corrected chi connectivity index (χ4v) is 3.63. The Bertz CT molecular complexity index is 514. The van der Waals surface area contributed by atoms with E-state index in [1.807, 2.05) is 25.1 Å². The first-order valence-electron chi connectivity index (χ1n) is 4.87. The molecule has 1 atom stereocenters. The van der Waals surface area contributed by atoms with Gasteiger partial charge in [0.25, 0.3) is 0 Å². The quantitative estimate of drug-likeness (QED) is 0.787. The van der Waals surface area contributed by atoms with Crippen LogP contribution >= 0.6 is 50.5 Å². The molecule has 5 heteroatoms. The molecule has 17 heavy (non-hydrogen) atoms. The minimum absolute atomic E-state index is 0.626. The van der Waals surface area contributed by atoms with Crippen LogP contribution in [0.2, 0.25) is 9.36 Å². The van der Waals surface area contributed by atoms with Gasteiger partial charge in [-0.1, -0.05) is 29.3 Å². The monoisotopic (exact) mass is 350 g/mol. The van der Waals surface area contributed by atoms with Gasteiger partial charge in [-0.25, -0.2) is 0 Å². The van der Waals surface area contributed by atoms with Gasteiger partial charge in [0, 0.05) is 14.4 Å². The molecule has 0 aliphatic carbocycles. The Morgan fingerprint density at radius 1 is 1.24 bits per heavy atom. The predicted octanol–water partition coefficient (Wildman–Crippen LogP) is 5.21. The lowest BCUT2D eigenvalue weighted by Gasteiger charge is -2.10. The molecule has 90 valence electrons. The Kier molecular flexibility index (Phi) is 4.16. The van der Waals surface area contributed by atoms with Gasteiger partial charge in [0.2, 0.25) is 0 Å². The van der Waals surface area contributed by atoms with Crippen molar-refractivity contribution in [2.24, 2.45) is 0 Å². The van der Waals surface area contributed by atoms with Crippen LogP contribution in [0.4, 0.5) is 0 Å². The molecule has 0 saturated carbocycles. The lowest BCUT2D eigenvalue weighted by Crippen LogP contribution is -1.97. The summed E-state index contributed by atoms with van der Waals surface area (Å²) in [5.74, 6) is 0. The lowest BCUT2D eigenvalue weighted by atomic mass is 10.1. The van der Waals surface area contributed by atoms with Crippen molar-refractivity contribution < 1.29 is 5.11 Å². The van der Waals surface area contributed by atoms with Crippen LogP contribution in [0.3, 0.4) is 0 Å². The lowest BCUT2D eigenvalue weighted by molar-refractivity contribution is 0.224. The summed E-state index contributed by atoms with van der Waals surface area (Å²) in [6.45, 7) is 1.94. The zero-order valence-electron chi connectivity index (χ0n) is 8.88. The molecule has 0 saturated heterocycles. The normalized spacial score (nSPS) is 12.8. The summed E-state index contributed by atoms with van der Waals surface area (Å²) in [5.41, 5.74) is 1.80. The van der Waals surface area contributed by atoms with Gasteiger partial charge in [0.05, 0.1) is 0 Å². The molecule has 0 aliphatic rings. The number of hydrogen-bond donors (Lipinski definition) is 1. The maximum Gasteiger partial charge on any atom is 0.113 e. The fraction of sp³-hybridized carbons (Fsp3) is 0.167. The van der Waals surface area contributed by atoms with Crippen molar-refractivity contribution in [2.75, 3.05) is 0 Å². The number of thiophene rings is 1. The number of aliphatic hydroxyl groups is 1. The van der Waals surface area contributed by atoms with Gasteiger partial charge < -0.3 is 5.11 Å². The highest BCUT2D eigenvalue weighted by molar-refractivity contribution is 9.10. The van der Waals surface area contributed by atoms with E-state index in [0.717, 1.165) is 20.5 Å². The van der Waals surface area contributed by atoms with Crippen molar-refractivity contribution in [2.45, 2.75) is 13.0 Å². The Morgan fingerprint density at radius 2 is 1.94 bits per heavy atom. The minimum Gasteiger partial charge on any atom is -0.383 e. The van der Waals surface area contributed by atoms with Crippen molar-refractivity contribution in [1.82, 2.24) is 0 Å². The molecule has 0 aliphatic heterocycles. The Balaban J connectivity index is 2.39. The number of benzene rings is 1. The maximum atomic E-state index is 10.3. The van der Waals surface area contributed by atoms with Crippen LogP contribution in [-0.2, 0) is 0 Å². The van der Waals surface area contributed by atoms with Crippen LogP contribution in [0.15, 0.2) is 28.7 Å². The molecule has 0 radical (unpaired) electrons. The summed E-state index contributed by atoms with van der Waals surface area (Å²) in [6.07, 6.45) is -0.693. The molecular weight excluding hydrogens is 343 g/mol. The third kappa shape index (κ3) is 3.04. The first-order valence-corrected chi connectivity index (χ1v) is 7.24. The molecule has 2 aromatic rings. The van der Waals surface area contributed by atoms with Gasteiger partial charge in [-0.05, 0) is 52.2 Å².